The zero-order valence-corrected chi connectivity index (χ0v) is 8.13. The molecule has 1 rings (SSSR count). The second-order valence-electron chi connectivity index (χ2n) is 3.10. The Morgan fingerprint density at radius 2 is 2.20 bits per heavy atom. The van der Waals surface area contributed by atoms with E-state index in [1.54, 1.807) is 0 Å². The van der Waals surface area contributed by atoms with E-state index in [1.165, 1.54) is 13.0 Å². The Hall–Kier alpha value is -1.49. The number of rotatable bonds is 3. The first kappa shape index (κ1) is 11.6. The van der Waals surface area contributed by atoms with Gasteiger partial charge in [-0.05, 0) is 6.07 Å². The van der Waals surface area contributed by atoms with Crippen LogP contribution in [0.5, 0.6) is 0 Å². The molecule has 0 saturated heterocycles. The van der Waals surface area contributed by atoms with E-state index in [0.717, 1.165) is 6.07 Å². The van der Waals surface area contributed by atoms with Crippen molar-refractivity contribution in [3.63, 3.8) is 0 Å². The third-order valence-corrected chi connectivity index (χ3v) is 1.90. The summed E-state index contributed by atoms with van der Waals surface area (Å²) in [6.45, 7) is 0.812. The van der Waals surface area contributed by atoms with Crippen LogP contribution >= 0.6 is 0 Å². The lowest BCUT2D eigenvalue weighted by molar-refractivity contribution is -0.120. The van der Waals surface area contributed by atoms with E-state index in [0.29, 0.717) is 6.07 Å². The molecule has 0 aliphatic heterocycles. The molecule has 0 aliphatic carbocycles. The van der Waals surface area contributed by atoms with Crippen molar-refractivity contribution in [1.29, 1.82) is 0 Å². The van der Waals surface area contributed by atoms with Crippen LogP contribution in [0, 0.1) is 11.6 Å². The van der Waals surface area contributed by atoms with Crippen LogP contribution in [-0.4, -0.2) is 17.6 Å². The second-order valence-corrected chi connectivity index (χ2v) is 3.10. The van der Waals surface area contributed by atoms with Crippen molar-refractivity contribution in [2.45, 2.75) is 13.0 Å². The van der Waals surface area contributed by atoms with Gasteiger partial charge in [-0.25, -0.2) is 8.78 Å². The minimum Gasteiger partial charge on any atom is -0.394 e. The summed E-state index contributed by atoms with van der Waals surface area (Å²) in [4.78, 5) is 10.7. The lowest BCUT2D eigenvalue weighted by Gasteiger charge is -2.16. The molecule has 1 amide bonds. The monoisotopic (exact) mass is 215 g/mol. The Morgan fingerprint density at radius 1 is 1.53 bits per heavy atom. The first-order valence-electron chi connectivity index (χ1n) is 4.37. The fraction of sp³-hybridized carbons (Fsp3) is 0.300. The normalized spacial score (nSPS) is 12.3. The van der Waals surface area contributed by atoms with Crippen molar-refractivity contribution < 1.29 is 18.7 Å². The number of carbonyl (C=O) groups excluding carboxylic acids is 1. The molecule has 1 atom stereocenters. The topological polar surface area (TPSA) is 49.3 Å². The molecule has 1 aromatic carbocycles. The van der Waals surface area contributed by atoms with E-state index in [2.05, 4.69) is 5.32 Å². The Morgan fingerprint density at radius 3 is 2.67 bits per heavy atom. The average Bonchev–Trinajstić information content (AvgIpc) is 2.14. The maximum atomic E-state index is 13.2. The molecule has 0 aromatic heterocycles. The predicted molar refractivity (Wildman–Crippen MR) is 50.0 cm³/mol. The molecule has 5 heteroatoms. The number of aliphatic hydroxyl groups excluding tert-OH is 1. The molecule has 3 nitrogen and oxygen atoms in total. The van der Waals surface area contributed by atoms with Crippen molar-refractivity contribution in [1.82, 2.24) is 5.32 Å². The number of hydrogen-bond acceptors (Lipinski definition) is 2. The minimum atomic E-state index is -0.844. The highest BCUT2D eigenvalue weighted by Gasteiger charge is 2.15. The van der Waals surface area contributed by atoms with Crippen molar-refractivity contribution in [3.8, 4) is 0 Å². The van der Waals surface area contributed by atoms with Crippen LogP contribution < -0.4 is 5.32 Å². The third-order valence-electron chi connectivity index (χ3n) is 1.90. The lowest BCUT2D eigenvalue weighted by Crippen LogP contribution is -2.29. The number of nitrogens with one attached hydrogen (secondary N) is 1. The van der Waals surface area contributed by atoms with Crippen LogP contribution in [0.15, 0.2) is 18.2 Å². The average molecular weight is 215 g/mol. The van der Waals surface area contributed by atoms with Gasteiger partial charge in [0.1, 0.15) is 11.6 Å². The van der Waals surface area contributed by atoms with Gasteiger partial charge >= 0.3 is 0 Å². The van der Waals surface area contributed by atoms with Crippen LogP contribution in [0.2, 0.25) is 0 Å². The Bertz CT molecular complexity index is 368. The fourth-order valence-electron chi connectivity index (χ4n) is 1.25. The summed E-state index contributed by atoms with van der Waals surface area (Å²) in [6.07, 6.45) is 0. The van der Waals surface area contributed by atoms with Crippen LogP contribution in [0.3, 0.4) is 0 Å². The number of amides is 1. The van der Waals surface area contributed by atoms with Crippen LogP contribution in [0.4, 0.5) is 8.78 Å². The first-order chi connectivity index (χ1) is 7.04. The highest BCUT2D eigenvalue weighted by atomic mass is 19.1. The number of carbonyl (C=O) groups is 1. The molecule has 0 radical (unpaired) electrons. The van der Waals surface area contributed by atoms with Crippen LogP contribution in [-0.2, 0) is 4.79 Å². The van der Waals surface area contributed by atoms with E-state index in [1.807, 2.05) is 0 Å². The van der Waals surface area contributed by atoms with Gasteiger partial charge in [0.2, 0.25) is 5.91 Å². The van der Waals surface area contributed by atoms with E-state index >= 15 is 0 Å². The highest BCUT2D eigenvalue weighted by Crippen LogP contribution is 2.17. The molecular weight excluding hydrogens is 204 g/mol. The summed E-state index contributed by atoms with van der Waals surface area (Å²) < 4.78 is 25.8. The van der Waals surface area contributed by atoms with Gasteiger partial charge in [0.25, 0.3) is 0 Å². The van der Waals surface area contributed by atoms with Crippen LogP contribution in [0.1, 0.15) is 18.5 Å². The van der Waals surface area contributed by atoms with Gasteiger partial charge in [-0.3, -0.25) is 4.79 Å². The van der Waals surface area contributed by atoms with Crippen molar-refractivity contribution in [3.05, 3.63) is 35.4 Å². The molecule has 0 aliphatic rings. The fourth-order valence-corrected chi connectivity index (χ4v) is 1.25. The van der Waals surface area contributed by atoms with Crippen molar-refractivity contribution in [2.24, 2.45) is 0 Å². The Labute approximate surface area is 85.7 Å². The third kappa shape index (κ3) is 2.99. The zero-order valence-electron chi connectivity index (χ0n) is 8.13. The summed E-state index contributed by atoms with van der Waals surface area (Å²) in [5.41, 5.74) is 0.0640. The summed E-state index contributed by atoms with van der Waals surface area (Å²) in [7, 11) is 0. The molecule has 15 heavy (non-hydrogen) atoms. The van der Waals surface area contributed by atoms with Gasteiger partial charge in [-0.1, -0.05) is 6.07 Å². The smallest absolute Gasteiger partial charge is 0.217 e. The van der Waals surface area contributed by atoms with E-state index < -0.39 is 30.2 Å². The molecular formula is C10H11F2NO2. The predicted octanol–water partition coefficient (Wildman–Crippen LogP) is 1.13. The molecule has 0 heterocycles. The number of halogens is 2. The number of aliphatic hydroxyl groups is 1. The van der Waals surface area contributed by atoms with E-state index in [-0.39, 0.29) is 5.56 Å². The largest absolute Gasteiger partial charge is 0.394 e. The molecule has 0 saturated carbocycles. The van der Waals surface area contributed by atoms with Crippen molar-refractivity contribution in [2.75, 3.05) is 6.61 Å². The van der Waals surface area contributed by atoms with Gasteiger partial charge in [-0.15, -0.1) is 0 Å². The molecule has 1 unspecified atom stereocenters. The summed E-state index contributed by atoms with van der Waals surface area (Å²) >= 11 is 0. The number of benzene rings is 1. The second kappa shape index (κ2) is 4.84. The zero-order chi connectivity index (χ0) is 11.4. The Balaban J connectivity index is 2.96. The maximum absolute atomic E-state index is 13.2. The summed E-state index contributed by atoms with van der Waals surface area (Å²) in [5.74, 6) is -1.88. The quantitative estimate of drug-likeness (QED) is 0.794. The van der Waals surface area contributed by atoms with Crippen LogP contribution in [0.25, 0.3) is 0 Å². The van der Waals surface area contributed by atoms with Gasteiger partial charge in [0.05, 0.1) is 12.6 Å². The van der Waals surface area contributed by atoms with Crippen molar-refractivity contribution >= 4 is 5.91 Å². The maximum Gasteiger partial charge on any atom is 0.217 e. The highest BCUT2D eigenvalue weighted by molar-refractivity contribution is 5.73. The van der Waals surface area contributed by atoms with Gasteiger partial charge < -0.3 is 10.4 Å². The van der Waals surface area contributed by atoms with Gasteiger partial charge in [-0.2, -0.15) is 0 Å². The molecule has 0 fully saturated rings. The SMILES string of the molecule is CC(=O)NC(CO)c1ccc(F)cc1F. The molecule has 1 aromatic rings. The molecule has 0 spiro atoms. The molecule has 2 N–H and O–H groups in total. The van der Waals surface area contributed by atoms with Gasteiger partial charge in [0, 0.05) is 18.6 Å². The lowest BCUT2D eigenvalue weighted by atomic mass is 10.1. The molecule has 82 valence electrons. The van der Waals surface area contributed by atoms with Gasteiger partial charge in [0.15, 0.2) is 0 Å². The van der Waals surface area contributed by atoms with E-state index in [9.17, 15) is 13.6 Å². The van der Waals surface area contributed by atoms with E-state index in [4.69, 9.17) is 5.11 Å². The Kier molecular flexibility index (Phi) is 3.74. The summed E-state index contributed by atoms with van der Waals surface area (Å²) in [6, 6.07) is 2.13. The number of hydrogen-bond donors (Lipinski definition) is 2. The minimum absolute atomic E-state index is 0.0640. The standard InChI is InChI=1S/C10H11F2NO2/c1-6(15)13-10(5-14)8-3-2-7(11)4-9(8)12/h2-4,10,14H,5H2,1H3,(H,13,15). The summed E-state index contributed by atoms with van der Waals surface area (Å²) in [5, 5.41) is 11.3. The molecule has 0 bridgehead atoms. The first-order valence-corrected chi connectivity index (χ1v) is 4.37.